The Labute approximate surface area is 167 Å². The molecule has 0 spiro atoms. The number of hydrogen-bond acceptors (Lipinski definition) is 4. The van der Waals surface area contributed by atoms with E-state index in [0.717, 1.165) is 16.0 Å². The molecule has 6 heteroatoms. The van der Waals surface area contributed by atoms with Gasteiger partial charge >= 0.3 is 0 Å². The summed E-state index contributed by atoms with van der Waals surface area (Å²) in [7, 11) is 0. The van der Waals surface area contributed by atoms with E-state index in [1.165, 1.54) is 30.3 Å². The molecule has 0 atom stereocenters. The fourth-order valence-electron chi connectivity index (χ4n) is 2.72. The van der Waals surface area contributed by atoms with Crippen molar-refractivity contribution in [2.45, 2.75) is 6.54 Å². The Bertz CT molecular complexity index is 1030. The summed E-state index contributed by atoms with van der Waals surface area (Å²) in [4.78, 5) is 37.2. The van der Waals surface area contributed by atoms with E-state index < -0.39 is 16.7 Å². The summed E-state index contributed by atoms with van der Waals surface area (Å²) >= 11 is 0. The van der Waals surface area contributed by atoms with Crippen LogP contribution in [0.15, 0.2) is 91.0 Å². The molecule has 0 bridgehead atoms. The van der Waals surface area contributed by atoms with Crippen LogP contribution in [0, 0.1) is 10.1 Å². The number of carbonyl (C=O) groups is 2. The van der Waals surface area contributed by atoms with Crippen LogP contribution in [0.1, 0.15) is 21.5 Å². The predicted octanol–water partition coefficient (Wildman–Crippen LogP) is 4.48. The molecule has 3 aromatic carbocycles. The fourth-order valence-corrected chi connectivity index (χ4v) is 2.72. The van der Waals surface area contributed by atoms with Crippen molar-refractivity contribution in [2.24, 2.45) is 0 Å². The Morgan fingerprint density at radius 1 is 0.862 bits per heavy atom. The number of benzene rings is 3. The minimum Gasteiger partial charge on any atom is -0.270 e. The average Bonchev–Trinajstić information content (AvgIpc) is 2.77. The first-order valence-corrected chi connectivity index (χ1v) is 8.92. The van der Waals surface area contributed by atoms with Crippen LogP contribution in [0.2, 0.25) is 0 Å². The molecule has 0 fully saturated rings. The molecule has 2 amide bonds. The molecule has 0 aliphatic carbocycles. The molecule has 6 nitrogen and oxygen atoms in total. The van der Waals surface area contributed by atoms with Gasteiger partial charge in [-0.15, -0.1) is 0 Å². The highest BCUT2D eigenvalue weighted by molar-refractivity contribution is 6.09. The molecule has 0 saturated heterocycles. The summed E-state index contributed by atoms with van der Waals surface area (Å²) in [6, 6.07) is 23.6. The standard InChI is InChI=1S/C23H18N2O4/c26-22(16-11-18-7-3-1-4-8-18)24(17-19-9-5-2-6-10-19)23(27)20-12-14-21(15-13-20)25(28)29/h1-16H,17H2/b16-11+. The summed E-state index contributed by atoms with van der Waals surface area (Å²) < 4.78 is 0. The third-order valence-corrected chi connectivity index (χ3v) is 4.24. The molecular formula is C23H18N2O4. The zero-order valence-electron chi connectivity index (χ0n) is 15.5. The SMILES string of the molecule is O=C(/C=C/c1ccccc1)N(Cc1ccccc1)C(=O)c1ccc([N+](=O)[O-])cc1. The molecule has 0 aliphatic heterocycles. The molecule has 0 heterocycles. The first-order chi connectivity index (χ1) is 14.0. The highest BCUT2D eigenvalue weighted by Crippen LogP contribution is 2.16. The lowest BCUT2D eigenvalue weighted by Gasteiger charge is -2.19. The van der Waals surface area contributed by atoms with Gasteiger partial charge in [0.15, 0.2) is 0 Å². The molecule has 0 N–H and O–H groups in total. The van der Waals surface area contributed by atoms with Gasteiger partial charge in [-0.1, -0.05) is 60.7 Å². The van der Waals surface area contributed by atoms with Crippen molar-refractivity contribution >= 4 is 23.6 Å². The van der Waals surface area contributed by atoms with Crippen molar-refractivity contribution in [1.82, 2.24) is 4.90 Å². The Morgan fingerprint density at radius 2 is 1.45 bits per heavy atom. The maximum atomic E-state index is 13.0. The van der Waals surface area contributed by atoms with Crippen molar-refractivity contribution in [3.63, 3.8) is 0 Å². The van der Waals surface area contributed by atoms with E-state index in [0.29, 0.717) is 0 Å². The van der Waals surface area contributed by atoms with Gasteiger partial charge in [-0.05, 0) is 29.3 Å². The van der Waals surface area contributed by atoms with Gasteiger partial charge in [0, 0.05) is 23.8 Å². The number of non-ortho nitro benzene ring substituents is 1. The highest BCUT2D eigenvalue weighted by atomic mass is 16.6. The zero-order valence-corrected chi connectivity index (χ0v) is 15.5. The van der Waals surface area contributed by atoms with E-state index >= 15 is 0 Å². The number of rotatable bonds is 6. The maximum Gasteiger partial charge on any atom is 0.269 e. The van der Waals surface area contributed by atoms with Gasteiger partial charge in [-0.2, -0.15) is 0 Å². The molecular weight excluding hydrogens is 368 g/mol. The quantitative estimate of drug-likeness (QED) is 0.355. The number of nitro benzene ring substituents is 1. The maximum absolute atomic E-state index is 13.0. The van der Waals surface area contributed by atoms with Crippen LogP contribution in [0.25, 0.3) is 6.08 Å². The third kappa shape index (κ3) is 5.23. The molecule has 3 aromatic rings. The van der Waals surface area contributed by atoms with E-state index in [1.54, 1.807) is 6.08 Å². The van der Waals surface area contributed by atoms with Crippen LogP contribution in [0.4, 0.5) is 5.69 Å². The Morgan fingerprint density at radius 3 is 2.03 bits per heavy atom. The van der Waals surface area contributed by atoms with Gasteiger partial charge in [0.2, 0.25) is 0 Å². The Kier molecular flexibility index (Phi) is 6.27. The predicted molar refractivity (Wildman–Crippen MR) is 110 cm³/mol. The molecule has 0 radical (unpaired) electrons. The molecule has 29 heavy (non-hydrogen) atoms. The van der Waals surface area contributed by atoms with Crippen LogP contribution in [-0.2, 0) is 11.3 Å². The second-order valence-electron chi connectivity index (χ2n) is 6.26. The lowest BCUT2D eigenvalue weighted by molar-refractivity contribution is -0.384. The number of amides is 2. The van der Waals surface area contributed by atoms with E-state index in [-0.39, 0.29) is 17.8 Å². The number of nitro groups is 1. The van der Waals surface area contributed by atoms with Gasteiger partial charge in [0.1, 0.15) is 0 Å². The Balaban J connectivity index is 1.87. The first kappa shape index (κ1) is 19.7. The van der Waals surface area contributed by atoms with Gasteiger partial charge < -0.3 is 0 Å². The van der Waals surface area contributed by atoms with Crippen LogP contribution < -0.4 is 0 Å². The minimum absolute atomic E-state index is 0.0919. The molecule has 0 aromatic heterocycles. The second-order valence-corrected chi connectivity index (χ2v) is 6.26. The van der Waals surface area contributed by atoms with Crippen LogP contribution in [0.3, 0.4) is 0 Å². The monoisotopic (exact) mass is 386 g/mol. The first-order valence-electron chi connectivity index (χ1n) is 8.92. The number of nitrogens with zero attached hydrogens (tertiary/aromatic N) is 2. The van der Waals surface area contributed by atoms with Gasteiger partial charge in [0.05, 0.1) is 11.5 Å². The summed E-state index contributed by atoms with van der Waals surface area (Å²) in [6.45, 7) is 0.0919. The van der Waals surface area contributed by atoms with Crippen molar-refractivity contribution in [2.75, 3.05) is 0 Å². The number of carbonyl (C=O) groups excluding carboxylic acids is 2. The summed E-state index contributed by atoms with van der Waals surface area (Å²) in [6.07, 6.45) is 2.99. The van der Waals surface area contributed by atoms with Crippen molar-refractivity contribution < 1.29 is 14.5 Å². The van der Waals surface area contributed by atoms with Crippen molar-refractivity contribution in [1.29, 1.82) is 0 Å². The minimum atomic E-state index is -0.538. The molecule has 0 unspecified atom stereocenters. The molecule has 3 rings (SSSR count). The smallest absolute Gasteiger partial charge is 0.269 e. The van der Waals surface area contributed by atoms with Crippen molar-refractivity contribution in [3.05, 3.63) is 118 Å². The summed E-state index contributed by atoms with van der Waals surface area (Å²) in [5, 5.41) is 10.8. The summed E-state index contributed by atoms with van der Waals surface area (Å²) in [5.74, 6) is -0.993. The lowest BCUT2D eigenvalue weighted by atomic mass is 10.1. The molecule has 0 aliphatic rings. The van der Waals surface area contributed by atoms with Crippen molar-refractivity contribution in [3.8, 4) is 0 Å². The second kappa shape index (κ2) is 9.23. The van der Waals surface area contributed by atoms with Crippen LogP contribution in [-0.4, -0.2) is 21.6 Å². The van der Waals surface area contributed by atoms with Gasteiger partial charge in [0.25, 0.3) is 17.5 Å². The molecule has 0 saturated carbocycles. The Hall–Kier alpha value is -4.06. The summed E-state index contributed by atoms with van der Waals surface area (Å²) in [5.41, 5.74) is 1.71. The van der Waals surface area contributed by atoms with Gasteiger partial charge in [-0.25, -0.2) is 0 Å². The average molecular weight is 386 g/mol. The fraction of sp³-hybridized carbons (Fsp3) is 0.0435. The van der Waals surface area contributed by atoms with Crippen LogP contribution >= 0.6 is 0 Å². The highest BCUT2D eigenvalue weighted by Gasteiger charge is 2.22. The van der Waals surface area contributed by atoms with E-state index in [1.807, 2.05) is 60.7 Å². The zero-order chi connectivity index (χ0) is 20.6. The topological polar surface area (TPSA) is 80.5 Å². The van der Waals surface area contributed by atoms with Gasteiger partial charge in [-0.3, -0.25) is 24.6 Å². The number of hydrogen-bond donors (Lipinski definition) is 0. The van der Waals surface area contributed by atoms with E-state index in [4.69, 9.17) is 0 Å². The van der Waals surface area contributed by atoms with Crippen LogP contribution in [0.5, 0.6) is 0 Å². The van der Waals surface area contributed by atoms with E-state index in [9.17, 15) is 19.7 Å². The molecule has 144 valence electrons. The normalized spacial score (nSPS) is 10.6. The largest absolute Gasteiger partial charge is 0.270 e. The van der Waals surface area contributed by atoms with E-state index in [2.05, 4.69) is 0 Å². The number of imide groups is 1. The third-order valence-electron chi connectivity index (χ3n) is 4.24. The lowest BCUT2D eigenvalue weighted by Crippen LogP contribution is -2.35.